The summed E-state index contributed by atoms with van der Waals surface area (Å²) in [5.74, 6) is -0.878. The number of rotatable bonds is 3. The third-order valence-corrected chi connectivity index (χ3v) is 3.75. The van der Waals surface area contributed by atoms with Gasteiger partial charge in [0.05, 0.1) is 12.8 Å². The summed E-state index contributed by atoms with van der Waals surface area (Å²) in [5, 5.41) is 10.3. The molecule has 0 aliphatic rings. The number of thiazole rings is 1. The minimum absolute atomic E-state index is 0.104. The summed E-state index contributed by atoms with van der Waals surface area (Å²) in [5.41, 5.74) is 1.49. The first kappa shape index (κ1) is 12.6. The van der Waals surface area contributed by atoms with Crippen LogP contribution in [0.4, 0.5) is 0 Å². The SMILES string of the molecule is CCOC(=O)c1sc(-c2cnc3ccccn23)nc1O. The smallest absolute Gasteiger partial charge is 0.353 e. The van der Waals surface area contributed by atoms with Crippen LogP contribution in [-0.2, 0) is 4.74 Å². The van der Waals surface area contributed by atoms with E-state index in [1.54, 1.807) is 13.1 Å². The predicted molar refractivity (Wildman–Crippen MR) is 73.9 cm³/mol. The summed E-state index contributed by atoms with van der Waals surface area (Å²) in [4.78, 5) is 20.0. The van der Waals surface area contributed by atoms with Crippen LogP contribution in [-0.4, -0.2) is 32.1 Å². The van der Waals surface area contributed by atoms with Gasteiger partial charge in [0.1, 0.15) is 16.3 Å². The largest absolute Gasteiger partial charge is 0.492 e. The molecule has 3 aromatic heterocycles. The van der Waals surface area contributed by atoms with E-state index in [-0.39, 0.29) is 17.4 Å². The maximum atomic E-state index is 11.7. The number of pyridine rings is 1. The average Bonchev–Trinajstić information content (AvgIpc) is 3.02. The van der Waals surface area contributed by atoms with Crippen LogP contribution in [0.25, 0.3) is 16.3 Å². The van der Waals surface area contributed by atoms with Gasteiger partial charge in [0.15, 0.2) is 4.88 Å². The Morgan fingerprint density at radius 3 is 3.15 bits per heavy atom. The van der Waals surface area contributed by atoms with Gasteiger partial charge >= 0.3 is 5.97 Å². The number of fused-ring (bicyclic) bond motifs is 1. The van der Waals surface area contributed by atoms with Crippen LogP contribution < -0.4 is 0 Å². The van der Waals surface area contributed by atoms with Crippen LogP contribution in [0.1, 0.15) is 16.6 Å². The van der Waals surface area contributed by atoms with Crippen molar-refractivity contribution in [1.29, 1.82) is 0 Å². The van der Waals surface area contributed by atoms with E-state index in [9.17, 15) is 9.90 Å². The molecule has 6 nitrogen and oxygen atoms in total. The van der Waals surface area contributed by atoms with E-state index in [1.807, 2.05) is 28.8 Å². The summed E-state index contributed by atoms with van der Waals surface area (Å²) in [6, 6.07) is 5.62. The van der Waals surface area contributed by atoms with Crippen molar-refractivity contribution in [3.63, 3.8) is 0 Å². The predicted octanol–water partition coefficient (Wildman–Crippen LogP) is 2.34. The quantitative estimate of drug-likeness (QED) is 0.749. The van der Waals surface area contributed by atoms with Gasteiger partial charge in [-0.1, -0.05) is 6.07 Å². The number of nitrogens with zero attached hydrogens (tertiary/aromatic N) is 3. The number of hydrogen-bond acceptors (Lipinski definition) is 6. The van der Waals surface area contributed by atoms with Crippen LogP contribution in [0.2, 0.25) is 0 Å². The fourth-order valence-corrected chi connectivity index (χ4v) is 2.70. The Labute approximate surface area is 118 Å². The van der Waals surface area contributed by atoms with Gasteiger partial charge in [-0.25, -0.2) is 9.78 Å². The van der Waals surface area contributed by atoms with Crippen molar-refractivity contribution in [2.75, 3.05) is 6.61 Å². The molecule has 0 amide bonds. The van der Waals surface area contributed by atoms with Gasteiger partial charge in [0.2, 0.25) is 5.88 Å². The second kappa shape index (κ2) is 4.93. The van der Waals surface area contributed by atoms with E-state index in [2.05, 4.69) is 9.97 Å². The van der Waals surface area contributed by atoms with Crippen molar-refractivity contribution in [1.82, 2.24) is 14.4 Å². The molecule has 0 aromatic carbocycles. The summed E-state index contributed by atoms with van der Waals surface area (Å²) < 4.78 is 6.72. The number of esters is 1. The van der Waals surface area contributed by atoms with Gasteiger partial charge in [0, 0.05) is 6.20 Å². The van der Waals surface area contributed by atoms with Crippen molar-refractivity contribution < 1.29 is 14.6 Å². The van der Waals surface area contributed by atoms with Crippen LogP contribution in [0.15, 0.2) is 30.6 Å². The first-order valence-electron chi connectivity index (χ1n) is 6.00. The molecule has 0 spiro atoms. The minimum atomic E-state index is -0.567. The molecule has 0 unspecified atom stereocenters. The van der Waals surface area contributed by atoms with Crippen molar-refractivity contribution in [3.05, 3.63) is 35.5 Å². The molecule has 0 aliphatic carbocycles. The van der Waals surface area contributed by atoms with Gasteiger partial charge < -0.3 is 9.84 Å². The number of aromatic nitrogens is 3. The number of carbonyl (C=O) groups is 1. The standard InChI is InChI=1S/C13H11N3O3S/c1-2-19-13(18)10-11(17)15-12(20-10)8-7-14-9-5-3-4-6-16(8)9/h3-7,17H,2H2,1H3. The Morgan fingerprint density at radius 2 is 2.35 bits per heavy atom. The maximum absolute atomic E-state index is 11.7. The van der Waals surface area contributed by atoms with E-state index < -0.39 is 5.97 Å². The summed E-state index contributed by atoms with van der Waals surface area (Å²) >= 11 is 1.08. The maximum Gasteiger partial charge on any atom is 0.353 e. The molecule has 0 radical (unpaired) electrons. The van der Waals surface area contributed by atoms with E-state index in [4.69, 9.17) is 4.74 Å². The summed E-state index contributed by atoms with van der Waals surface area (Å²) in [7, 11) is 0. The van der Waals surface area contributed by atoms with Gasteiger partial charge in [-0.05, 0) is 19.1 Å². The molecule has 3 aromatic rings. The molecule has 20 heavy (non-hydrogen) atoms. The van der Waals surface area contributed by atoms with E-state index in [1.165, 1.54) is 0 Å². The number of carbonyl (C=O) groups excluding carboxylic acids is 1. The summed E-state index contributed by atoms with van der Waals surface area (Å²) in [6.45, 7) is 1.96. The molecule has 0 atom stereocenters. The van der Waals surface area contributed by atoms with Gasteiger partial charge in [-0.2, -0.15) is 4.98 Å². The molecule has 0 bridgehead atoms. The van der Waals surface area contributed by atoms with Crippen molar-refractivity contribution in [2.45, 2.75) is 6.92 Å². The van der Waals surface area contributed by atoms with Gasteiger partial charge in [0.25, 0.3) is 0 Å². The van der Waals surface area contributed by atoms with Gasteiger partial charge in [-0.3, -0.25) is 4.40 Å². The average molecular weight is 289 g/mol. The zero-order valence-corrected chi connectivity index (χ0v) is 11.4. The van der Waals surface area contributed by atoms with E-state index >= 15 is 0 Å². The molecule has 0 aliphatic heterocycles. The highest BCUT2D eigenvalue weighted by atomic mass is 32.1. The lowest BCUT2D eigenvalue weighted by atomic mass is 10.4. The van der Waals surface area contributed by atoms with E-state index in [0.29, 0.717) is 5.01 Å². The normalized spacial score (nSPS) is 10.8. The number of imidazole rings is 1. The topological polar surface area (TPSA) is 76.7 Å². The molecular weight excluding hydrogens is 278 g/mol. The molecular formula is C13H11N3O3S. The Bertz CT molecular complexity index is 778. The third kappa shape index (κ3) is 2.01. The number of hydrogen-bond donors (Lipinski definition) is 1. The molecule has 7 heteroatoms. The van der Waals surface area contributed by atoms with Crippen molar-refractivity contribution in [3.8, 4) is 16.6 Å². The second-order valence-corrected chi connectivity index (χ2v) is 4.96. The summed E-state index contributed by atoms with van der Waals surface area (Å²) in [6.07, 6.45) is 3.50. The first-order chi connectivity index (χ1) is 9.70. The molecule has 0 fully saturated rings. The van der Waals surface area contributed by atoms with Crippen LogP contribution in [0.3, 0.4) is 0 Å². The van der Waals surface area contributed by atoms with Gasteiger partial charge in [-0.15, -0.1) is 11.3 Å². The Kier molecular flexibility index (Phi) is 3.11. The van der Waals surface area contributed by atoms with Crippen molar-refractivity contribution >= 4 is 23.0 Å². The third-order valence-electron chi connectivity index (χ3n) is 2.71. The fraction of sp³-hybridized carbons (Fsp3) is 0.154. The Morgan fingerprint density at radius 1 is 1.50 bits per heavy atom. The molecule has 102 valence electrons. The zero-order chi connectivity index (χ0) is 14.1. The number of ether oxygens (including phenoxy) is 1. The Balaban J connectivity index is 2.07. The zero-order valence-electron chi connectivity index (χ0n) is 10.6. The lowest BCUT2D eigenvalue weighted by Gasteiger charge is -1.97. The molecule has 1 N–H and O–H groups in total. The Hall–Kier alpha value is -2.41. The highest BCUT2D eigenvalue weighted by molar-refractivity contribution is 7.17. The monoisotopic (exact) mass is 289 g/mol. The highest BCUT2D eigenvalue weighted by Gasteiger charge is 2.21. The molecule has 3 heterocycles. The van der Waals surface area contributed by atoms with Crippen LogP contribution in [0, 0.1) is 0 Å². The van der Waals surface area contributed by atoms with Crippen molar-refractivity contribution in [2.24, 2.45) is 0 Å². The molecule has 0 saturated heterocycles. The number of aromatic hydroxyl groups is 1. The molecule has 0 saturated carbocycles. The lowest BCUT2D eigenvalue weighted by Crippen LogP contribution is -2.02. The minimum Gasteiger partial charge on any atom is -0.492 e. The molecule has 3 rings (SSSR count). The van der Waals surface area contributed by atoms with E-state index in [0.717, 1.165) is 22.7 Å². The lowest BCUT2D eigenvalue weighted by molar-refractivity contribution is 0.0528. The highest BCUT2D eigenvalue weighted by Crippen LogP contribution is 2.32. The van der Waals surface area contributed by atoms with Crippen LogP contribution >= 0.6 is 11.3 Å². The van der Waals surface area contributed by atoms with Crippen LogP contribution in [0.5, 0.6) is 5.88 Å². The fourth-order valence-electron chi connectivity index (χ4n) is 1.84. The first-order valence-corrected chi connectivity index (χ1v) is 6.81. The second-order valence-electron chi connectivity index (χ2n) is 3.96.